The number of hydrogen-bond donors (Lipinski definition) is 1. The van der Waals surface area contributed by atoms with Crippen molar-refractivity contribution < 1.29 is 9.47 Å². The molecule has 0 saturated heterocycles. The summed E-state index contributed by atoms with van der Waals surface area (Å²) >= 11 is 0. The third kappa shape index (κ3) is 1.84. The van der Waals surface area contributed by atoms with Gasteiger partial charge in [-0.1, -0.05) is 6.07 Å². The van der Waals surface area contributed by atoms with Gasteiger partial charge >= 0.3 is 0 Å². The number of nitrogen functional groups attached to an aromatic ring is 1. The highest BCUT2D eigenvalue weighted by Gasteiger charge is 2.12. The first kappa shape index (κ1) is 12.3. The number of hydrogen-bond acceptors (Lipinski definition) is 4. The van der Waals surface area contributed by atoms with Crippen molar-refractivity contribution in [1.82, 2.24) is 9.78 Å². The molecule has 0 saturated carbocycles. The molecule has 2 N–H and O–H groups in total. The summed E-state index contributed by atoms with van der Waals surface area (Å²) in [6, 6.07) is 11.3. The zero-order chi connectivity index (χ0) is 14.1. The lowest BCUT2D eigenvalue weighted by atomic mass is 10.2. The summed E-state index contributed by atoms with van der Waals surface area (Å²) in [4.78, 5) is 0. The summed E-state index contributed by atoms with van der Waals surface area (Å²) in [5.74, 6) is 1.46. The SMILES string of the molecule is COc1ccc(OC)c(-n2ncc3c(N)cccc32)c1. The van der Waals surface area contributed by atoms with Crippen LogP contribution in [0.15, 0.2) is 42.6 Å². The number of aromatic nitrogens is 2. The number of benzene rings is 2. The number of nitrogens with two attached hydrogens (primary N) is 1. The maximum absolute atomic E-state index is 5.96. The molecule has 2 aromatic carbocycles. The van der Waals surface area contributed by atoms with Crippen molar-refractivity contribution >= 4 is 16.6 Å². The third-order valence-electron chi connectivity index (χ3n) is 3.26. The second-order valence-corrected chi connectivity index (χ2v) is 4.37. The first-order valence-corrected chi connectivity index (χ1v) is 6.19. The number of methoxy groups -OCH3 is 2. The summed E-state index contributed by atoms with van der Waals surface area (Å²) in [5, 5.41) is 5.33. The Morgan fingerprint density at radius 2 is 1.95 bits per heavy atom. The Bertz CT molecular complexity index is 765. The van der Waals surface area contributed by atoms with Crippen LogP contribution in [0.5, 0.6) is 11.5 Å². The van der Waals surface area contributed by atoms with Crippen LogP contribution in [0, 0.1) is 0 Å². The van der Waals surface area contributed by atoms with Gasteiger partial charge in [0.05, 0.1) is 25.9 Å². The quantitative estimate of drug-likeness (QED) is 0.742. The van der Waals surface area contributed by atoms with Crippen LogP contribution >= 0.6 is 0 Å². The van der Waals surface area contributed by atoms with E-state index in [2.05, 4.69) is 5.10 Å². The van der Waals surface area contributed by atoms with E-state index in [1.54, 1.807) is 25.1 Å². The number of ether oxygens (including phenoxy) is 2. The van der Waals surface area contributed by atoms with E-state index in [0.717, 1.165) is 28.1 Å². The Morgan fingerprint density at radius 3 is 2.70 bits per heavy atom. The summed E-state index contributed by atoms with van der Waals surface area (Å²) in [5.41, 5.74) is 8.41. The highest BCUT2D eigenvalue weighted by Crippen LogP contribution is 2.30. The van der Waals surface area contributed by atoms with E-state index >= 15 is 0 Å². The molecule has 3 rings (SSSR count). The molecule has 0 spiro atoms. The molecular formula is C15H15N3O2. The second-order valence-electron chi connectivity index (χ2n) is 4.37. The van der Waals surface area contributed by atoms with Crippen molar-refractivity contribution in [3.8, 4) is 17.2 Å². The van der Waals surface area contributed by atoms with Gasteiger partial charge in [0.25, 0.3) is 0 Å². The molecule has 0 aliphatic rings. The molecule has 1 aromatic heterocycles. The molecule has 0 aliphatic carbocycles. The molecule has 0 radical (unpaired) electrons. The minimum Gasteiger partial charge on any atom is -0.497 e. The predicted molar refractivity (Wildman–Crippen MR) is 78.6 cm³/mol. The molecule has 102 valence electrons. The van der Waals surface area contributed by atoms with Gasteiger partial charge in [0.15, 0.2) is 0 Å². The van der Waals surface area contributed by atoms with E-state index in [1.807, 2.05) is 36.4 Å². The highest BCUT2D eigenvalue weighted by atomic mass is 16.5. The molecular weight excluding hydrogens is 254 g/mol. The number of anilines is 1. The second kappa shape index (κ2) is 4.77. The van der Waals surface area contributed by atoms with Crippen LogP contribution in [0.2, 0.25) is 0 Å². The molecule has 5 heteroatoms. The minimum atomic E-state index is 0.704. The van der Waals surface area contributed by atoms with Gasteiger partial charge in [-0.3, -0.25) is 0 Å². The first-order chi connectivity index (χ1) is 9.74. The van der Waals surface area contributed by atoms with E-state index < -0.39 is 0 Å². The fourth-order valence-corrected chi connectivity index (χ4v) is 2.23. The number of fused-ring (bicyclic) bond motifs is 1. The van der Waals surface area contributed by atoms with Gasteiger partial charge in [0, 0.05) is 17.1 Å². The van der Waals surface area contributed by atoms with Crippen LogP contribution < -0.4 is 15.2 Å². The fourth-order valence-electron chi connectivity index (χ4n) is 2.23. The van der Waals surface area contributed by atoms with Crippen LogP contribution in [0.4, 0.5) is 5.69 Å². The third-order valence-corrected chi connectivity index (χ3v) is 3.26. The van der Waals surface area contributed by atoms with Crippen LogP contribution in [-0.4, -0.2) is 24.0 Å². The molecule has 3 aromatic rings. The average molecular weight is 269 g/mol. The largest absolute Gasteiger partial charge is 0.497 e. The molecule has 0 fully saturated rings. The van der Waals surface area contributed by atoms with Gasteiger partial charge in [-0.25, -0.2) is 4.68 Å². The van der Waals surface area contributed by atoms with Crippen LogP contribution in [0.25, 0.3) is 16.6 Å². The van der Waals surface area contributed by atoms with Gasteiger partial charge < -0.3 is 15.2 Å². The maximum atomic E-state index is 5.96. The van der Waals surface area contributed by atoms with Crippen molar-refractivity contribution in [2.75, 3.05) is 20.0 Å². The monoisotopic (exact) mass is 269 g/mol. The average Bonchev–Trinajstić information content (AvgIpc) is 2.92. The Kier molecular flexibility index (Phi) is 2.95. The maximum Gasteiger partial charge on any atom is 0.144 e. The molecule has 20 heavy (non-hydrogen) atoms. The predicted octanol–water partition coefficient (Wildman–Crippen LogP) is 2.62. The molecule has 0 bridgehead atoms. The lowest BCUT2D eigenvalue weighted by Gasteiger charge is -2.11. The summed E-state index contributed by atoms with van der Waals surface area (Å²) in [6.07, 6.45) is 1.75. The van der Waals surface area contributed by atoms with Gasteiger partial charge in [-0.2, -0.15) is 5.10 Å². The molecule has 0 atom stereocenters. The van der Waals surface area contributed by atoms with Crippen molar-refractivity contribution in [3.63, 3.8) is 0 Å². The fraction of sp³-hybridized carbons (Fsp3) is 0.133. The highest BCUT2D eigenvalue weighted by molar-refractivity contribution is 5.91. The molecule has 0 amide bonds. The number of rotatable bonds is 3. The zero-order valence-corrected chi connectivity index (χ0v) is 11.3. The van der Waals surface area contributed by atoms with E-state index in [0.29, 0.717) is 5.69 Å². The molecule has 1 heterocycles. The van der Waals surface area contributed by atoms with Crippen molar-refractivity contribution in [3.05, 3.63) is 42.6 Å². The minimum absolute atomic E-state index is 0.704. The number of nitrogens with zero attached hydrogens (tertiary/aromatic N) is 2. The lowest BCUT2D eigenvalue weighted by molar-refractivity contribution is 0.401. The zero-order valence-electron chi connectivity index (χ0n) is 11.3. The van der Waals surface area contributed by atoms with Crippen molar-refractivity contribution in [2.45, 2.75) is 0 Å². The standard InChI is InChI=1S/C15H15N3O2/c1-19-10-6-7-15(20-2)14(8-10)18-13-5-3-4-12(16)11(13)9-17-18/h3-9H,16H2,1-2H3. The van der Waals surface area contributed by atoms with Gasteiger partial charge in [-0.15, -0.1) is 0 Å². The van der Waals surface area contributed by atoms with Gasteiger partial charge in [-0.05, 0) is 24.3 Å². The van der Waals surface area contributed by atoms with E-state index in [-0.39, 0.29) is 0 Å². The summed E-state index contributed by atoms with van der Waals surface area (Å²) < 4.78 is 12.5. The van der Waals surface area contributed by atoms with E-state index in [9.17, 15) is 0 Å². The van der Waals surface area contributed by atoms with Gasteiger partial charge in [0.1, 0.15) is 17.2 Å². The molecule has 0 unspecified atom stereocenters. The van der Waals surface area contributed by atoms with Crippen LogP contribution in [-0.2, 0) is 0 Å². The smallest absolute Gasteiger partial charge is 0.144 e. The summed E-state index contributed by atoms with van der Waals surface area (Å²) in [7, 11) is 3.26. The summed E-state index contributed by atoms with van der Waals surface area (Å²) in [6.45, 7) is 0. The lowest BCUT2D eigenvalue weighted by Crippen LogP contribution is -2.00. The Hall–Kier alpha value is -2.69. The Morgan fingerprint density at radius 1 is 1.10 bits per heavy atom. The topological polar surface area (TPSA) is 62.3 Å². The Balaban J connectivity index is 2.27. The van der Waals surface area contributed by atoms with Gasteiger partial charge in [0.2, 0.25) is 0 Å². The van der Waals surface area contributed by atoms with Crippen LogP contribution in [0.3, 0.4) is 0 Å². The van der Waals surface area contributed by atoms with Crippen molar-refractivity contribution in [1.29, 1.82) is 0 Å². The van der Waals surface area contributed by atoms with Crippen LogP contribution in [0.1, 0.15) is 0 Å². The molecule has 0 aliphatic heterocycles. The van der Waals surface area contributed by atoms with E-state index in [1.165, 1.54) is 0 Å². The first-order valence-electron chi connectivity index (χ1n) is 6.19. The van der Waals surface area contributed by atoms with E-state index in [4.69, 9.17) is 15.2 Å². The Labute approximate surface area is 116 Å². The molecule has 5 nitrogen and oxygen atoms in total. The van der Waals surface area contributed by atoms with Crippen molar-refractivity contribution in [2.24, 2.45) is 0 Å². The normalized spacial score (nSPS) is 10.7.